The number of thioether (sulfide) groups is 1. The standard InChI is InChI=1S/C14H16N2O2S2/c1-14(18,11-5-6-20-8-11)9-16-13(17)10-3-4-12(19-2)15-7-10/h3-8,18H,9H2,1-2H3,(H,16,17). The van der Waals surface area contributed by atoms with E-state index >= 15 is 0 Å². The number of nitrogens with one attached hydrogen (secondary N) is 1. The molecule has 2 rings (SSSR count). The molecular weight excluding hydrogens is 292 g/mol. The third-order valence-electron chi connectivity index (χ3n) is 2.94. The molecule has 0 radical (unpaired) electrons. The van der Waals surface area contributed by atoms with Gasteiger partial charge in [-0.25, -0.2) is 4.98 Å². The summed E-state index contributed by atoms with van der Waals surface area (Å²) in [6.07, 6.45) is 3.47. The van der Waals surface area contributed by atoms with Gasteiger partial charge >= 0.3 is 0 Å². The van der Waals surface area contributed by atoms with Crippen molar-refractivity contribution < 1.29 is 9.90 Å². The topological polar surface area (TPSA) is 62.2 Å². The number of hydrogen-bond donors (Lipinski definition) is 2. The first-order valence-electron chi connectivity index (χ1n) is 6.06. The second-order valence-electron chi connectivity index (χ2n) is 4.56. The van der Waals surface area contributed by atoms with E-state index in [0.717, 1.165) is 10.6 Å². The van der Waals surface area contributed by atoms with Crippen LogP contribution in [0.5, 0.6) is 0 Å². The van der Waals surface area contributed by atoms with Crippen molar-refractivity contribution in [1.29, 1.82) is 0 Å². The van der Waals surface area contributed by atoms with Gasteiger partial charge in [-0.3, -0.25) is 4.79 Å². The van der Waals surface area contributed by atoms with E-state index < -0.39 is 5.60 Å². The molecule has 2 N–H and O–H groups in total. The molecule has 6 heteroatoms. The molecule has 20 heavy (non-hydrogen) atoms. The Hall–Kier alpha value is -1.37. The fourth-order valence-electron chi connectivity index (χ4n) is 1.66. The molecule has 0 saturated carbocycles. The van der Waals surface area contributed by atoms with Crippen LogP contribution in [0.4, 0.5) is 0 Å². The molecule has 1 amide bonds. The van der Waals surface area contributed by atoms with Crippen LogP contribution in [0.1, 0.15) is 22.8 Å². The molecule has 0 spiro atoms. The maximum Gasteiger partial charge on any atom is 0.252 e. The number of rotatable bonds is 5. The van der Waals surface area contributed by atoms with Crippen molar-refractivity contribution in [2.24, 2.45) is 0 Å². The highest BCUT2D eigenvalue weighted by molar-refractivity contribution is 7.98. The highest BCUT2D eigenvalue weighted by Crippen LogP contribution is 2.22. The smallest absolute Gasteiger partial charge is 0.252 e. The number of hydrogen-bond acceptors (Lipinski definition) is 5. The number of carbonyl (C=O) groups excluding carboxylic acids is 1. The Kier molecular flexibility index (Phi) is 4.80. The van der Waals surface area contributed by atoms with Gasteiger partial charge in [0.15, 0.2) is 0 Å². The minimum Gasteiger partial charge on any atom is -0.384 e. The lowest BCUT2D eigenvalue weighted by atomic mass is 9.99. The van der Waals surface area contributed by atoms with Crippen molar-refractivity contribution in [2.45, 2.75) is 17.6 Å². The predicted octanol–water partition coefficient (Wildman–Crippen LogP) is 2.50. The Labute approximate surface area is 126 Å². The summed E-state index contributed by atoms with van der Waals surface area (Å²) in [6, 6.07) is 5.38. The number of aliphatic hydroxyl groups is 1. The predicted molar refractivity (Wildman–Crippen MR) is 82.2 cm³/mol. The fourth-order valence-corrected chi connectivity index (χ4v) is 2.81. The molecule has 0 aliphatic carbocycles. The molecule has 0 bridgehead atoms. The first kappa shape index (κ1) is 15.0. The quantitative estimate of drug-likeness (QED) is 0.833. The van der Waals surface area contributed by atoms with Gasteiger partial charge in [0.2, 0.25) is 0 Å². The Morgan fingerprint density at radius 3 is 2.85 bits per heavy atom. The molecule has 0 aliphatic heterocycles. The van der Waals surface area contributed by atoms with Crippen LogP contribution < -0.4 is 5.32 Å². The first-order chi connectivity index (χ1) is 9.53. The van der Waals surface area contributed by atoms with E-state index in [1.807, 2.05) is 23.1 Å². The lowest BCUT2D eigenvalue weighted by Gasteiger charge is -2.22. The second kappa shape index (κ2) is 6.39. The largest absolute Gasteiger partial charge is 0.384 e. The van der Waals surface area contributed by atoms with Gasteiger partial charge in [0.1, 0.15) is 5.60 Å². The number of carbonyl (C=O) groups is 1. The minimum absolute atomic E-state index is 0.160. The van der Waals surface area contributed by atoms with Gasteiger partial charge in [-0.05, 0) is 47.7 Å². The van der Waals surface area contributed by atoms with Gasteiger partial charge in [0.05, 0.1) is 17.1 Å². The van der Waals surface area contributed by atoms with Crippen LogP contribution >= 0.6 is 23.1 Å². The number of amides is 1. The number of aromatic nitrogens is 1. The van der Waals surface area contributed by atoms with Crippen LogP contribution in [-0.2, 0) is 5.60 Å². The van der Waals surface area contributed by atoms with Crippen LogP contribution in [-0.4, -0.2) is 28.8 Å². The highest BCUT2D eigenvalue weighted by Gasteiger charge is 2.24. The summed E-state index contributed by atoms with van der Waals surface area (Å²) in [7, 11) is 0. The van der Waals surface area contributed by atoms with Gasteiger partial charge < -0.3 is 10.4 Å². The molecule has 0 saturated heterocycles. The van der Waals surface area contributed by atoms with Crippen molar-refractivity contribution in [3.8, 4) is 0 Å². The van der Waals surface area contributed by atoms with Crippen LogP contribution in [0, 0.1) is 0 Å². The van der Waals surface area contributed by atoms with Gasteiger partial charge in [-0.1, -0.05) is 0 Å². The van der Waals surface area contributed by atoms with E-state index in [1.165, 1.54) is 23.1 Å². The van der Waals surface area contributed by atoms with Gasteiger partial charge in [0, 0.05) is 6.20 Å². The zero-order chi connectivity index (χ0) is 14.6. The number of nitrogens with zero attached hydrogens (tertiary/aromatic N) is 1. The molecule has 4 nitrogen and oxygen atoms in total. The monoisotopic (exact) mass is 308 g/mol. The molecular formula is C14H16N2O2S2. The number of thiophene rings is 1. The lowest BCUT2D eigenvalue weighted by Crippen LogP contribution is -2.38. The van der Waals surface area contributed by atoms with Crippen molar-refractivity contribution in [1.82, 2.24) is 10.3 Å². The Morgan fingerprint density at radius 1 is 1.50 bits per heavy atom. The summed E-state index contributed by atoms with van der Waals surface area (Å²) in [6.45, 7) is 1.84. The van der Waals surface area contributed by atoms with E-state index in [2.05, 4.69) is 10.3 Å². The van der Waals surface area contributed by atoms with Gasteiger partial charge in [0.25, 0.3) is 5.91 Å². The van der Waals surface area contributed by atoms with E-state index in [-0.39, 0.29) is 12.5 Å². The van der Waals surface area contributed by atoms with E-state index in [4.69, 9.17) is 0 Å². The van der Waals surface area contributed by atoms with Crippen molar-refractivity contribution in [3.63, 3.8) is 0 Å². The third-order valence-corrected chi connectivity index (χ3v) is 4.29. The normalized spacial score (nSPS) is 13.8. The maximum atomic E-state index is 12.0. The molecule has 2 aromatic rings. The van der Waals surface area contributed by atoms with Crippen molar-refractivity contribution in [2.75, 3.05) is 12.8 Å². The molecule has 1 atom stereocenters. The Balaban J connectivity index is 1.98. The fraction of sp³-hybridized carbons (Fsp3) is 0.286. The third kappa shape index (κ3) is 3.59. The molecule has 2 aromatic heterocycles. The van der Waals surface area contributed by atoms with E-state index in [1.54, 1.807) is 25.3 Å². The summed E-state index contributed by atoms with van der Waals surface area (Å²) >= 11 is 3.04. The van der Waals surface area contributed by atoms with Crippen LogP contribution in [0.3, 0.4) is 0 Å². The lowest BCUT2D eigenvalue weighted by molar-refractivity contribution is 0.0530. The van der Waals surface area contributed by atoms with Gasteiger partial charge in [-0.2, -0.15) is 11.3 Å². The Bertz CT molecular complexity index is 565. The second-order valence-corrected chi connectivity index (χ2v) is 6.16. The molecule has 0 fully saturated rings. The van der Waals surface area contributed by atoms with Crippen LogP contribution in [0.2, 0.25) is 0 Å². The summed E-state index contributed by atoms with van der Waals surface area (Å²) in [5.41, 5.74) is 0.227. The van der Waals surface area contributed by atoms with Crippen LogP contribution in [0.15, 0.2) is 40.2 Å². The van der Waals surface area contributed by atoms with Gasteiger partial charge in [-0.15, -0.1) is 11.8 Å². The molecule has 1 unspecified atom stereocenters. The average Bonchev–Trinajstić information content (AvgIpc) is 3.00. The molecule has 0 aliphatic rings. The van der Waals surface area contributed by atoms with E-state index in [9.17, 15) is 9.90 Å². The minimum atomic E-state index is -1.07. The molecule has 2 heterocycles. The zero-order valence-electron chi connectivity index (χ0n) is 11.3. The number of pyridine rings is 1. The van der Waals surface area contributed by atoms with Crippen LogP contribution in [0.25, 0.3) is 0 Å². The summed E-state index contributed by atoms with van der Waals surface area (Å²) in [4.78, 5) is 16.1. The SMILES string of the molecule is CSc1ccc(C(=O)NCC(C)(O)c2ccsc2)cn1. The molecule has 0 aromatic carbocycles. The average molecular weight is 308 g/mol. The summed E-state index contributed by atoms with van der Waals surface area (Å²) in [5, 5.41) is 17.7. The Morgan fingerprint density at radius 2 is 2.30 bits per heavy atom. The van der Waals surface area contributed by atoms with Crippen molar-refractivity contribution >= 4 is 29.0 Å². The summed E-state index contributed by atoms with van der Waals surface area (Å²) in [5.74, 6) is -0.236. The zero-order valence-corrected chi connectivity index (χ0v) is 12.9. The van der Waals surface area contributed by atoms with E-state index in [0.29, 0.717) is 5.56 Å². The first-order valence-corrected chi connectivity index (χ1v) is 8.23. The maximum absolute atomic E-state index is 12.0. The highest BCUT2D eigenvalue weighted by atomic mass is 32.2. The molecule has 106 valence electrons. The summed E-state index contributed by atoms with van der Waals surface area (Å²) < 4.78 is 0. The van der Waals surface area contributed by atoms with Crippen molar-refractivity contribution in [3.05, 3.63) is 46.3 Å².